The second-order valence-corrected chi connectivity index (χ2v) is 3.85. The standard InChI is InChI=1S/C9H16O2/c1-9(2,3)8(7-11)5-4-6-10/h6-8H,4-5H2,1-3H3. The van der Waals surface area contributed by atoms with Gasteiger partial charge < -0.3 is 9.59 Å². The molecule has 0 aliphatic rings. The van der Waals surface area contributed by atoms with E-state index >= 15 is 0 Å². The summed E-state index contributed by atoms with van der Waals surface area (Å²) < 4.78 is 0. The molecule has 0 aliphatic heterocycles. The van der Waals surface area contributed by atoms with Gasteiger partial charge in [0.25, 0.3) is 0 Å². The van der Waals surface area contributed by atoms with Gasteiger partial charge in [0.05, 0.1) is 0 Å². The van der Waals surface area contributed by atoms with Crippen LogP contribution in [0, 0.1) is 11.3 Å². The first-order chi connectivity index (χ1) is 5.02. The van der Waals surface area contributed by atoms with Crippen molar-refractivity contribution in [2.75, 3.05) is 0 Å². The van der Waals surface area contributed by atoms with Gasteiger partial charge in [0.2, 0.25) is 0 Å². The van der Waals surface area contributed by atoms with Gasteiger partial charge in [-0.1, -0.05) is 20.8 Å². The summed E-state index contributed by atoms with van der Waals surface area (Å²) in [6.07, 6.45) is 2.98. The highest BCUT2D eigenvalue weighted by Gasteiger charge is 2.22. The molecule has 0 aromatic rings. The van der Waals surface area contributed by atoms with E-state index in [0.717, 1.165) is 12.6 Å². The van der Waals surface area contributed by atoms with Crippen molar-refractivity contribution in [3.8, 4) is 0 Å². The molecule has 0 amide bonds. The molecule has 2 nitrogen and oxygen atoms in total. The van der Waals surface area contributed by atoms with Crippen molar-refractivity contribution in [3.63, 3.8) is 0 Å². The average molecular weight is 156 g/mol. The van der Waals surface area contributed by atoms with Gasteiger partial charge in [0.15, 0.2) is 0 Å². The van der Waals surface area contributed by atoms with Crippen LogP contribution in [0.4, 0.5) is 0 Å². The molecule has 0 saturated heterocycles. The number of carbonyl (C=O) groups is 2. The maximum Gasteiger partial charge on any atom is 0.123 e. The monoisotopic (exact) mass is 156 g/mol. The van der Waals surface area contributed by atoms with Crippen LogP contribution in [0.5, 0.6) is 0 Å². The summed E-state index contributed by atoms with van der Waals surface area (Å²) in [6, 6.07) is 0. The molecule has 11 heavy (non-hydrogen) atoms. The Morgan fingerprint density at radius 1 is 1.27 bits per heavy atom. The third-order valence-corrected chi connectivity index (χ3v) is 1.87. The van der Waals surface area contributed by atoms with Crippen LogP contribution in [0.1, 0.15) is 33.6 Å². The van der Waals surface area contributed by atoms with Gasteiger partial charge in [-0.15, -0.1) is 0 Å². The Morgan fingerprint density at radius 2 is 1.82 bits per heavy atom. The predicted octanol–water partition coefficient (Wildman–Crippen LogP) is 1.83. The lowest BCUT2D eigenvalue weighted by molar-refractivity contribution is -0.114. The molecule has 0 heterocycles. The normalized spacial score (nSPS) is 14.1. The Labute approximate surface area is 68.0 Å². The number of rotatable bonds is 4. The largest absolute Gasteiger partial charge is 0.303 e. The first-order valence-corrected chi connectivity index (χ1v) is 3.91. The van der Waals surface area contributed by atoms with Gasteiger partial charge >= 0.3 is 0 Å². The Morgan fingerprint density at radius 3 is 2.09 bits per heavy atom. The summed E-state index contributed by atoms with van der Waals surface area (Å²) in [5.74, 6) is 0.00713. The second kappa shape index (κ2) is 4.27. The molecule has 0 bridgehead atoms. The zero-order valence-corrected chi connectivity index (χ0v) is 7.46. The maximum absolute atomic E-state index is 10.5. The molecule has 0 aliphatic carbocycles. The number of hydrogen-bond acceptors (Lipinski definition) is 2. The van der Waals surface area contributed by atoms with Crippen LogP contribution < -0.4 is 0 Å². The van der Waals surface area contributed by atoms with Crippen LogP contribution in [0.25, 0.3) is 0 Å². The summed E-state index contributed by atoms with van der Waals surface area (Å²) in [5.41, 5.74) is -0.00917. The van der Waals surface area contributed by atoms with E-state index in [-0.39, 0.29) is 11.3 Å². The van der Waals surface area contributed by atoms with Crippen molar-refractivity contribution in [2.24, 2.45) is 11.3 Å². The molecule has 0 rings (SSSR count). The fraction of sp³-hybridized carbons (Fsp3) is 0.778. The molecule has 0 N–H and O–H groups in total. The molecule has 0 aromatic heterocycles. The lowest BCUT2D eigenvalue weighted by Gasteiger charge is -2.24. The number of aldehydes is 2. The highest BCUT2D eigenvalue weighted by atomic mass is 16.1. The van der Waals surface area contributed by atoms with Crippen LogP contribution in [0.2, 0.25) is 0 Å². The second-order valence-electron chi connectivity index (χ2n) is 3.85. The summed E-state index contributed by atoms with van der Waals surface area (Å²) in [5, 5.41) is 0. The minimum absolute atomic E-state index is 0.00713. The lowest BCUT2D eigenvalue weighted by atomic mass is 9.79. The van der Waals surface area contributed by atoms with Crippen LogP contribution in [-0.4, -0.2) is 12.6 Å². The van der Waals surface area contributed by atoms with Gasteiger partial charge in [0.1, 0.15) is 12.6 Å². The quantitative estimate of drug-likeness (QED) is 0.582. The van der Waals surface area contributed by atoms with E-state index in [2.05, 4.69) is 0 Å². The Hall–Kier alpha value is -0.660. The van der Waals surface area contributed by atoms with Crippen molar-refractivity contribution in [1.82, 2.24) is 0 Å². The van der Waals surface area contributed by atoms with Gasteiger partial charge in [-0.3, -0.25) is 0 Å². The van der Waals surface area contributed by atoms with Crippen LogP contribution in [0.15, 0.2) is 0 Å². The molecule has 0 spiro atoms. The third kappa shape index (κ3) is 3.91. The Bertz CT molecular complexity index is 133. The van der Waals surface area contributed by atoms with Gasteiger partial charge in [-0.05, 0) is 11.8 Å². The molecule has 0 fully saturated rings. The van der Waals surface area contributed by atoms with Crippen molar-refractivity contribution >= 4 is 12.6 Å². The zero-order chi connectivity index (χ0) is 8.91. The van der Waals surface area contributed by atoms with E-state index in [1.807, 2.05) is 20.8 Å². The van der Waals surface area contributed by atoms with Crippen LogP contribution in [0.3, 0.4) is 0 Å². The first-order valence-electron chi connectivity index (χ1n) is 3.91. The van der Waals surface area contributed by atoms with Gasteiger partial charge in [-0.2, -0.15) is 0 Å². The molecule has 0 radical (unpaired) electrons. The van der Waals surface area contributed by atoms with Gasteiger partial charge in [-0.25, -0.2) is 0 Å². The fourth-order valence-electron chi connectivity index (χ4n) is 0.953. The van der Waals surface area contributed by atoms with Crippen LogP contribution in [-0.2, 0) is 9.59 Å². The topological polar surface area (TPSA) is 34.1 Å². The van der Waals surface area contributed by atoms with Crippen molar-refractivity contribution < 1.29 is 9.59 Å². The van der Waals surface area contributed by atoms with Crippen molar-refractivity contribution in [1.29, 1.82) is 0 Å². The summed E-state index contributed by atoms with van der Waals surface area (Å²) in [4.78, 5) is 20.6. The molecular formula is C9H16O2. The van der Waals surface area contributed by atoms with E-state index in [1.54, 1.807) is 0 Å². The fourth-order valence-corrected chi connectivity index (χ4v) is 0.953. The maximum atomic E-state index is 10.5. The lowest BCUT2D eigenvalue weighted by Crippen LogP contribution is -2.21. The molecule has 0 aromatic carbocycles. The first kappa shape index (κ1) is 10.3. The average Bonchev–Trinajstić information content (AvgIpc) is 1.87. The summed E-state index contributed by atoms with van der Waals surface area (Å²) in [6.45, 7) is 6.03. The SMILES string of the molecule is CC(C)(C)C(C=O)CCC=O. The third-order valence-electron chi connectivity index (χ3n) is 1.87. The van der Waals surface area contributed by atoms with Crippen LogP contribution >= 0.6 is 0 Å². The molecule has 2 heteroatoms. The summed E-state index contributed by atoms with van der Waals surface area (Å²) >= 11 is 0. The number of hydrogen-bond donors (Lipinski definition) is 0. The minimum atomic E-state index is -0.00917. The van der Waals surface area contributed by atoms with E-state index in [1.165, 1.54) is 0 Å². The highest BCUT2D eigenvalue weighted by molar-refractivity contribution is 5.57. The van der Waals surface area contributed by atoms with E-state index in [0.29, 0.717) is 12.8 Å². The summed E-state index contributed by atoms with van der Waals surface area (Å²) in [7, 11) is 0. The van der Waals surface area contributed by atoms with Crippen molar-refractivity contribution in [2.45, 2.75) is 33.6 Å². The smallest absolute Gasteiger partial charge is 0.123 e. The zero-order valence-electron chi connectivity index (χ0n) is 7.46. The molecule has 64 valence electrons. The van der Waals surface area contributed by atoms with Gasteiger partial charge in [0, 0.05) is 12.3 Å². The molecular weight excluding hydrogens is 140 g/mol. The molecule has 1 unspecified atom stereocenters. The predicted molar refractivity (Wildman–Crippen MR) is 44.3 cm³/mol. The molecule has 0 saturated carbocycles. The van der Waals surface area contributed by atoms with Crippen molar-refractivity contribution in [3.05, 3.63) is 0 Å². The Kier molecular flexibility index (Phi) is 4.01. The highest BCUT2D eigenvalue weighted by Crippen LogP contribution is 2.27. The Balaban J connectivity index is 3.95. The molecule has 1 atom stereocenters. The van der Waals surface area contributed by atoms with E-state index in [9.17, 15) is 9.59 Å². The minimum Gasteiger partial charge on any atom is -0.303 e. The number of carbonyl (C=O) groups excluding carboxylic acids is 2. The van der Waals surface area contributed by atoms with E-state index in [4.69, 9.17) is 0 Å². The van der Waals surface area contributed by atoms with E-state index < -0.39 is 0 Å².